The SMILES string of the molecule is COC(=O)[C@H](Cc1c(O)cccc1F)NC(=O)OC(C)(C)C. The van der Waals surface area contributed by atoms with Gasteiger partial charge in [0, 0.05) is 12.0 Å². The summed E-state index contributed by atoms with van der Waals surface area (Å²) < 4.78 is 23.4. The molecule has 122 valence electrons. The Morgan fingerprint density at radius 2 is 2.00 bits per heavy atom. The summed E-state index contributed by atoms with van der Waals surface area (Å²) in [7, 11) is 1.15. The van der Waals surface area contributed by atoms with E-state index >= 15 is 0 Å². The number of amides is 1. The second-order valence-electron chi connectivity index (χ2n) is 5.66. The maximum absolute atomic E-state index is 13.7. The van der Waals surface area contributed by atoms with Crippen LogP contribution in [0.2, 0.25) is 0 Å². The van der Waals surface area contributed by atoms with Gasteiger partial charge in [-0.1, -0.05) is 6.07 Å². The summed E-state index contributed by atoms with van der Waals surface area (Å²) >= 11 is 0. The molecular weight excluding hydrogens is 293 g/mol. The van der Waals surface area contributed by atoms with E-state index in [1.807, 2.05) is 0 Å². The van der Waals surface area contributed by atoms with Crippen molar-refractivity contribution in [2.45, 2.75) is 38.8 Å². The molecule has 0 unspecified atom stereocenters. The fourth-order valence-electron chi connectivity index (χ4n) is 1.74. The Labute approximate surface area is 128 Å². The molecule has 2 N–H and O–H groups in total. The van der Waals surface area contributed by atoms with Crippen molar-refractivity contribution in [2.24, 2.45) is 0 Å². The summed E-state index contributed by atoms with van der Waals surface area (Å²) in [5.41, 5.74) is -0.834. The monoisotopic (exact) mass is 313 g/mol. The summed E-state index contributed by atoms with van der Waals surface area (Å²) in [6, 6.07) is 2.60. The first-order valence-corrected chi connectivity index (χ1v) is 6.67. The maximum Gasteiger partial charge on any atom is 0.408 e. The molecule has 0 spiro atoms. The summed E-state index contributed by atoms with van der Waals surface area (Å²) in [6.45, 7) is 5.01. The van der Waals surface area contributed by atoms with Crippen molar-refractivity contribution in [1.82, 2.24) is 5.32 Å². The van der Waals surface area contributed by atoms with Gasteiger partial charge in [-0.05, 0) is 32.9 Å². The second-order valence-corrected chi connectivity index (χ2v) is 5.66. The molecule has 22 heavy (non-hydrogen) atoms. The number of ether oxygens (including phenoxy) is 2. The zero-order valence-corrected chi connectivity index (χ0v) is 13.0. The van der Waals surface area contributed by atoms with Gasteiger partial charge in [0.25, 0.3) is 0 Å². The number of rotatable bonds is 4. The molecule has 0 fully saturated rings. The van der Waals surface area contributed by atoms with Crippen LogP contribution < -0.4 is 5.32 Å². The largest absolute Gasteiger partial charge is 0.508 e. The van der Waals surface area contributed by atoms with Gasteiger partial charge >= 0.3 is 12.1 Å². The van der Waals surface area contributed by atoms with Crippen molar-refractivity contribution < 1.29 is 28.6 Å². The highest BCUT2D eigenvalue weighted by Gasteiger charge is 2.27. The average Bonchev–Trinajstić information content (AvgIpc) is 2.38. The summed E-state index contributed by atoms with van der Waals surface area (Å²) in [5, 5.41) is 12.0. The second kappa shape index (κ2) is 7.11. The molecule has 0 saturated heterocycles. The molecule has 1 aromatic carbocycles. The Balaban J connectivity index is 2.90. The van der Waals surface area contributed by atoms with E-state index in [1.165, 1.54) is 12.1 Å². The van der Waals surface area contributed by atoms with E-state index in [1.54, 1.807) is 20.8 Å². The van der Waals surface area contributed by atoms with Gasteiger partial charge in [0.2, 0.25) is 0 Å². The van der Waals surface area contributed by atoms with Crippen LogP contribution in [-0.2, 0) is 20.7 Å². The fraction of sp³-hybridized carbons (Fsp3) is 0.467. The predicted octanol–water partition coefficient (Wildman–Crippen LogP) is 2.14. The van der Waals surface area contributed by atoms with E-state index in [4.69, 9.17) is 4.74 Å². The third-order valence-electron chi connectivity index (χ3n) is 2.68. The molecular formula is C15H20FNO5. The molecule has 0 aromatic heterocycles. The van der Waals surface area contributed by atoms with Crippen LogP contribution in [-0.4, -0.2) is 35.9 Å². The fourth-order valence-corrected chi connectivity index (χ4v) is 1.74. The number of nitrogens with one attached hydrogen (secondary N) is 1. The highest BCUT2D eigenvalue weighted by molar-refractivity contribution is 5.81. The van der Waals surface area contributed by atoms with Crippen LogP contribution >= 0.6 is 0 Å². The molecule has 0 aliphatic carbocycles. The van der Waals surface area contributed by atoms with Gasteiger partial charge < -0.3 is 19.9 Å². The van der Waals surface area contributed by atoms with Crippen molar-refractivity contribution in [3.05, 3.63) is 29.6 Å². The number of methoxy groups -OCH3 is 1. The van der Waals surface area contributed by atoms with Crippen LogP contribution in [0.15, 0.2) is 18.2 Å². The quantitative estimate of drug-likeness (QED) is 0.832. The number of phenolic OH excluding ortho intramolecular Hbond substituents is 1. The molecule has 0 aliphatic rings. The minimum Gasteiger partial charge on any atom is -0.508 e. The number of carbonyl (C=O) groups excluding carboxylic acids is 2. The van der Waals surface area contributed by atoms with E-state index in [9.17, 15) is 19.1 Å². The van der Waals surface area contributed by atoms with Crippen molar-refractivity contribution in [1.29, 1.82) is 0 Å². The minimum atomic E-state index is -1.18. The first-order chi connectivity index (χ1) is 10.1. The van der Waals surface area contributed by atoms with Crippen LogP contribution in [0.5, 0.6) is 5.75 Å². The van der Waals surface area contributed by atoms with E-state index in [0.29, 0.717) is 0 Å². The van der Waals surface area contributed by atoms with Crippen LogP contribution in [0.4, 0.5) is 9.18 Å². The molecule has 0 heterocycles. The van der Waals surface area contributed by atoms with Gasteiger partial charge in [-0.25, -0.2) is 14.0 Å². The van der Waals surface area contributed by atoms with Gasteiger partial charge in [-0.15, -0.1) is 0 Å². The van der Waals surface area contributed by atoms with Crippen LogP contribution in [0.25, 0.3) is 0 Å². The molecule has 1 rings (SSSR count). The minimum absolute atomic E-state index is 0.0889. The van der Waals surface area contributed by atoms with Gasteiger partial charge in [-0.2, -0.15) is 0 Å². The van der Waals surface area contributed by atoms with Crippen LogP contribution in [0.3, 0.4) is 0 Å². The zero-order chi connectivity index (χ0) is 16.9. The van der Waals surface area contributed by atoms with Crippen LogP contribution in [0, 0.1) is 5.82 Å². The Hall–Kier alpha value is -2.31. The Kier molecular flexibility index (Phi) is 5.73. The number of benzene rings is 1. The molecule has 7 heteroatoms. The Morgan fingerprint density at radius 3 is 2.50 bits per heavy atom. The summed E-state index contributed by atoms with van der Waals surface area (Å²) in [5.74, 6) is -1.76. The maximum atomic E-state index is 13.7. The number of hydrogen-bond acceptors (Lipinski definition) is 5. The van der Waals surface area contributed by atoms with E-state index < -0.39 is 29.5 Å². The molecule has 1 atom stereocenters. The number of aromatic hydroxyl groups is 1. The lowest BCUT2D eigenvalue weighted by Crippen LogP contribution is -2.45. The van der Waals surface area contributed by atoms with Crippen molar-refractivity contribution >= 4 is 12.1 Å². The number of carbonyl (C=O) groups is 2. The average molecular weight is 313 g/mol. The summed E-state index contributed by atoms with van der Waals surface area (Å²) in [4.78, 5) is 23.5. The molecule has 0 bridgehead atoms. The molecule has 0 aliphatic heterocycles. The first kappa shape index (κ1) is 17.7. The topological polar surface area (TPSA) is 84.9 Å². The Bertz CT molecular complexity index is 533. The molecule has 1 amide bonds. The number of esters is 1. The molecule has 6 nitrogen and oxygen atoms in total. The van der Waals surface area contributed by atoms with Crippen molar-refractivity contribution in [2.75, 3.05) is 7.11 Å². The van der Waals surface area contributed by atoms with Crippen molar-refractivity contribution in [3.63, 3.8) is 0 Å². The van der Waals surface area contributed by atoms with Crippen molar-refractivity contribution in [3.8, 4) is 5.75 Å². The normalized spacial score (nSPS) is 12.4. The lowest BCUT2D eigenvalue weighted by atomic mass is 10.0. The molecule has 1 aromatic rings. The van der Waals surface area contributed by atoms with Gasteiger partial charge in [0.05, 0.1) is 7.11 Å². The van der Waals surface area contributed by atoms with E-state index in [2.05, 4.69) is 10.1 Å². The van der Waals surface area contributed by atoms with Gasteiger partial charge in [0.1, 0.15) is 23.2 Å². The van der Waals surface area contributed by atoms with Crippen LogP contribution in [0.1, 0.15) is 26.3 Å². The highest BCUT2D eigenvalue weighted by atomic mass is 19.1. The molecule has 0 radical (unpaired) electrons. The third kappa shape index (κ3) is 5.23. The Morgan fingerprint density at radius 1 is 1.36 bits per heavy atom. The standard InChI is InChI=1S/C15H20FNO5/c1-15(2,3)22-14(20)17-11(13(19)21-4)8-9-10(16)6-5-7-12(9)18/h5-7,11,18H,8H2,1-4H3,(H,17,20)/t11-/m0/s1. The number of alkyl carbamates (subject to hydrolysis) is 1. The predicted molar refractivity (Wildman–Crippen MR) is 76.9 cm³/mol. The number of halogens is 1. The van der Waals surface area contributed by atoms with Gasteiger partial charge in [-0.3, -0.25) is 0 Å². The van der Waals surface area contributed by atoms with E-state index in [-0.39, 0.29) is 17.7 Å². The lowest BCUT2D eigenvalue weighted by molar-refractivity contribution is -0.143. The molecule has 0 saturated carbocycles. The first-order valence-electron chi connectivity index (χ1n) is 6.67. The highest BCUT2D eigenvalue weighted by Crippen LogP contribution is 2.21. The van der Waals surface area contributed by atoms with E-state index in [0.717, 1.165) is 13.2 Å². The third-order valence-corrected chi connectivity index (χ3v) is 2.68. The summed E-state index contributed by atoms with van der Waals surface area (Å²) in [6.07, 6.45) is -1.09. The number of hydrogen-bond donors (Lipinski definition) is 2. The zero-order valence-electron chi connectivity index (χ0n) is 13.0. The van der Waals surface area contributed by atoms with Gasteiger partial charge in [0.15, 0.2) is 0 Å². The number of phenols is 1. The smallest absolute Gasteiger partial charge is 0.408 e. The lowest BCUT2D eigenvalue weighted by Gasteiger charge is -2.22.